The number of hydrogen-bond donors (Lipinski definition) is 1. The van der Waals surface area contributed by atoms with Crippen molar-refractivity contribution in [3.63, 3.8) is 0 Å². The Balaban J connectivity index is 1.58. The first-order valence-corrected chi connectivity index (χ1v) is 9.70. The topological polar surface area (TPSA) is 86.5 Å². The van der Waals surface area contributed by atoms with Crippen LogP contribution in [0.25, 0.3) is 0 Å². The van der Waals surface area contributed by atoms with Crippen molar-refractivity contribution < 1.29 is 23.1 Å². The molecule has 2 aromatic carbocycles. The van der Waals surface area contributed by atoms with Crippen LogP contribution in [0.2, 0.25) is 0 Å². The summed E-state index contributed by atoms with van der Waals surface area (Å²) in [6.07, 6.45) is -0.528. The summed E-state index contributed by atoms with van der Waals surface area (Å²) in [5.74, 6) is 0.742. The molecule has 0 fully saturated rings. The van der Waals surface area contributed by atoms with Crippen LogP contribution in [0.1, 0.15) is 25.8 Å². The fourth-order valence-electron chi connectivity index (χ4n) is 2.39. The van der Waals surface area contributed by atoms with Gasteiger partial charge in [-0.05, 0) is 50.2 Å². The Bertz CT molecular complexity index is 964. The minimum atomic E-state index is -0.528. The minimum Gasteiger partial charge on any atom is -0.495 e. The summed E-state index contributed by atoms with van der Waals surface area (Å²) in [7, 11) is 1.54. The maximum atomic E-state index is 13.0. The van der Waals surface area contributed by atoms with E-state index < -0.39 is 11.4 Å². The summed E-state index contributed by atoms with van der Waals surface area (Å²) in [6.45, 7) is 3.47. The number of amides is 1. The molecule has 1 aromatic heterocycles. The molecule has 2 atom stereocenters. The van der Waals surface area contributed by atoms with E-state index in [-0.39, 0.29) is 22.8 Å². The average molecular weight is 417 g/mol. The maximum Gasteiger partial charge on any atom is 0.277 e. The highest BCUT2D eigenvalue weighted by Crippen LogP contribution is 2.28. The molecule has 9 heteroatoms. The van der Waals surface area contributed by atoms with Gasteiger partial charge in [-0.3, -0.25) is 4.79 Å². The largest absolute Gasteiger partial charge is 0.495 e. The van der Waals surface area contributed by atoms with Crippen molar-refractivity contribution in [1.29, 1.82) is 0 Å². The Morgan fingerprint density at radius 2 is 1.86 bits per heavy atom. The normalized spacial score (nSPS) is 12.8. The first-order valence-electron chi connectivity index (χ1n) is 8.82. The maximum absolute atomic E-state index is 13.0. The van der Waals surface area contributed by atoms with Crippen LogP contribution in [-0.2, 0) is 4.79 Å². The summed E-state index contributed by atoms with van der Waals surface area (Å²) >= 11 is 1.13. The number of carbonyl (C=O) groups excluding carboxylic acids is 1. The second-order valence-electron chi connectivity index (χ2n) is 6.07. The molecule has 0 aliphatic heterocycles. The molecule has 7 nitrogen and oxygen atoms in total. The fraction of sp³-hybridized carbons (Fsp3) is 0.250. The third-order valence-electron chi connectivity index (χ3n) is 3.91. The zero-order valence-corrected chi connectivity index (χ0v) is 16.9. The van der Waals surface area contributed by atoms with Crippen molar-refractivity contribution >= 4 is 23.4 Å². The molecule has 0 radical (unpaired) electrons. The predicted molar refractivity (Wildman–Crippen MR) is 107 cm³/mol. The lowest BCUT2D eigenvalue weighted by Gasteiger charge is -2.12. The number of carbonyl (C=O) groups is 1. The summed E-state index contributed by atoms with van der Waals surface area (Å²) in [5, 5.41) is 10.5. The monoisotopic (exact) mass is 417 g/mol. The minimum absolute atomic E-state index is 0.227. The third-order valence-corrected chi connectivity index (χ3v) is 4.84. The number of rotatable bonds is 8. The molecule has 1 amide bonds. The van der Waals surface area contributed by atoms with Gasteiger partial charge in [0.25, 0.3) is 11.1 Å². The van der Waals surface area contributed by atoms with Crippen LogP contribution in [0.3, 0.4) is 0 Å². The van der Waals surface area contributed by atoms with Gasteiger partial charge in [0.2, 0.25) is 5.91 Å². The number of nitrogens with one attached hydrogen (secondary N) is 1. The van der Waals surface area contributed by atoms with Gasteiger partial charge in [0.05, 0.1) is 18.0 Å². The molecular weight excluding hydrogens is 397 g/mol. The van der Waals surface area contributed by atoms with Crippen molar-refractivity contribution in [3.05, 3.63) is 60.2 Å². The second-order valence-corrected chi connectivity index (χ2v) is 7.36. The third kappa shape index (κ3) is 5.47. The van der Waals surface area contributed by atoms with Gasteiger partial charge in [0.15, 0.2) is 6.10 Å². The molecule has 3 rings (SSSR count). The van der Waals surface area contributed by atoms with E-state index in [0.29, 0.717) is 17.2 Å². The van der Waals surface area contributed by atoms with Gasteiger partial charge >= 0.3 is 0 Å². The van der Waals surface area contributed by atoms with Gasteiger partial charge in [-0.15, -0.1) is 10.2 Å². The highest BCUT2D eigenvalue weighted by Gasteiger charge is 2.21. The quantitative estimate of drug-likeness (QED) is 0.541. The fourth-order valence-corrected chi connectivity index (χ4v) is 3.08. The molecule has 0 unspecified atom stereocenters. The molecule has 1 heterocycles. The van der Waals surface area contributed by atoms with Crippen LogP contribution in [0.5, 0.6) is 11.5 Å². The van der Waals surface area contributed by atoms with E-state index in [1.807, 2.05) is 12.1 Å². The van der Waals surface area contributed by atoms with Crippen molar-refractivity contribution in [3.8, 4) is 11.5 Å². The number of aromatic nitrogens is 2. The summed E-state index contributed by atoms with van der Waals surface area (Å²) in [4.78, 5) is 12.5. The van der Waals surface area contributed by atoms with E-state index in [2.05, 4.69) is 15.5 Å². The van der Waals surface area contributed by atoms with Crippen molar-refractivity contribution in [1.82, 2.24) is 10.2 Å². The van der Waals surface area contributed by atoms with Crippen molar-refractivity contribution in [2.24, 2.45) is 0 Å². The van der Waals surface area contributed by atoms with E-state index in [4.69, 9.17) is 13.9 Å². The molecule has 3 aromatic rings. The SMILES string of the molecule is COc1ccccc1NC(=O)[C@H](C)Sc1nnc([C@@H](C)Oc2ccc(F)cc2)o1. The molecule has 1 N–H and O–H groups in total. The second kappa shape index (κ2) is 9.42. The average Bonchev–Trinajstić information content (AvgIpc) is 3.18. The van der Waals surface area contributed by atoms with Crippen LogP contribution in [0.15, 0.2) is 58.2 Å². The van der Waals surface area contributed by atoms with E-state index >= 15 is 0 Å². The number of anilines is 1. The zero-order chi connectivity index (χ0) is 20.8. The van der Waals surface area contributed by atoms with Gasteiger partial charge in [0, 0.05) is 0 Å². The van der Waals surface area contributed by atoms with E-state index in [0.717, 1.165) is 11.8 Å². The highest BCUT2D eigenvalue weighted by atomic mass is 32.2. The summed E-state index contributed by atoms with van der Waals surface area (Å²) in [6, 6.07) is 12.8. The first kappa shape index (κ1) is 20.7. The number of methoxy groups -OCH3 is 1. The van der Waals surface area contributed by atoms with Gasteiger partial charge in [-0.25, -0.2) is 4.39 Å². The zero-order valence-electron chi connectivity index (χ0n) is 16.1. The van der Waals surface area contributed by atoms with Crippen molar-refractivity contribution in [2.75, 3.05) is 12.4 Å². The molecule has 0 aliphatic rings. The molecule has 29 heavy (non-hydrogen) atoms. The van der Waals surface area contributed by atoms with Crippen LogP contribution in [0.4, 0.5) is 10.1 Å². The van der Waals surface area contributed by atoms with E-state index in [1.165, 1.54) is 31.4 Å². The number of hydrogen-bond acceptors (Lipinski definition) is 7. The van der Waals surface area contributed by atoms with Crippen LogP contribution in [0, 0.1) is 5.82 Å². The Labute approximate surface area is 171 Å². The van der Waals surface area contributed by atoms with Gasteiger partial charge < -0.3 is 19.2 Å². The molecule has 0 bridgehead atoms. The van der Waals surface area contributed by atoms with Crippen molar-refractivity contribution in [2.45, 2.75) is 30.4 Å². The smallest absolute Gasteiger partial charge is 0.277 e. The number of nitrogens with zero attached hydrogens (tertiary/aromatic N) is 2. The Hall–Kier alpha value is -3.07. The summed E-state index contributed by atoms with van der Waals surface area (Å²) in [5.41, 5.74) is 0.583. The number of para-hydroxylation sites is 2. The standard InChI is InChI=1S/C20H20FN3O4S/c1-12(27-15-10-8-14(21)9-11-15)19-23-24-20(28-19)29-13(2)18(25)22-16-6-4-5-7-17(16)26-3/h4-13H,1-3H3,(H,22,25)/t12-,13+/m1/s1. The number of benzene rings is 2. The predicted octanol–water partition coefficient (Wildman–Crippen LogP) is 4.48. The lowest BCUT2D eigenvalue weighted by molar-refractivity contribution is -0.115. The van der Waals surface area contributed by atoms with Gasteiger partial charge in [-0.1, -0.05) is 23.9 Å². The van der Waals surface area contributed by atoms with Crippen LogP contribution in [-0.4, -0.2) is 28.5 Å². The molecular formula is C20H20FN3O4S. The van der Waals surface area contributed by atoms with Crippen LogP contribution < -0.4 is 14.8 Å². The Morgan fingerprint density at radius 3 is 2.59 bits per heavy atom. The van der Waals surface area contributed by atoms with Gasteiger partial charge in [-0.2, -0.15) is 0 Å². The molecule has 0 saturated heterocycles. The molecule has 152 valence electrons. The Kier molecular flexibility index (Phi) is 6.71. The first-order chi connectivity index (χ1) is 14.0. The summed E-state index contributed by atoms with van der Waals surface area (Å²) < 4.78 is 29.5. The highest BCUT2D eigenvalue weighted by molar-refractivity contribution is 8.00. The number of ether oxygens (including phenoxy) is 2. The van der Waals surface area contributed by atoms with E-state index in [1.54, 1.807) is 26.0 Å². The Morgan fingerprint density at radius 1 is 1.14 bits per heavy atom. The van der Waals surface area contributed by atoms with Crippen LogP contribution >= 0.6 is 11.8 Å². The number of halogens is 1. The lowest BCUT2D eigenvalue weighted by atomic mass is 10.3. The molecule has 0 spiro atoms. The van der Waals surface area contributed by atoms with Gasteiger partial charge in [0.1, 0.15) is 17.3 Å². The number of thioether (sulfide) groups is 1. The molecule has 0 aliphatic carbocycles. The lowest BCUT2D eigenvalue weighted by Crippen LogP contribution is -2.22. The molecule has 0 saturated carbocycles. The van der Waals surface area contributed by atoms with E-state index in [9.17, 15) is 9.18 Å².